The lowest BCUT2D eigenvalue weighted by atomic mass is 10.1. The summed E-state index contributed by atoms with van der Waals surface area (Å²) in [5.41, 5.74) is 0.889. The maximum atomic E-state index is 11.6. The average molecular weight is 273 g/mol. The van der Waals surface area contributed by atoms with Gasteiger partial charge in [-0.2, -0.15) is 5.26 Å². The van der Waals surface area contributed by atoms with Crippen molar-refractivity contribution in [1.29, 1.82) is 5.26 Å². The second kappa shape index (κ2) is 4.59. The number of halogens is 2. The number of carbonyl (C=O) groups excluding carboxylic acids is 1. The van der Waals surface area contributed by atoms with Gasteiger partial charge in [-0.15, -0.1) is 11.6 Å². The molecule has 0 aromatic heterocycles. The highest BCUT2D eigenvalue weighted by Gasteiger charge is 2.16. The number of hydrogen-bond donors (Lipinski definition) is 0. The number of alkyl halides is 1. The molecule has 0 aliphatic heterocycles. The molecule has 0 N–H and O–H groups in total. The predicted octanol–water partition coefficient (Wildman–Crippen LogP) is 3.13. The van der Waals surface area contributed by atoms with Gasteiger partial charge in [-0.25, -0.2) is 0 Å². The number of nitriles is 1. The zero-order valence-electron chi connectivity index (χ0n) is 7.42. The lowest BCUT2D eigenvalue weighted by Crippen LogP contribution is -2.11. The summed E-state index contributed by atoms with van der Waals surface area (Å²) in [5.74, 6) is -0.185. The summed E-state index contributed by atoms with van der Waals surface area (Å²) in [6.07, 6.45) is 0. The normalized spacial score (nSPS) is 11.9. The quantitative estimate of drug-likeness (QED) is 0.613. The Morgan fingerprint density at radius 2 is 2.29 bits per heavy atom. The maximum absolute atomic E-state index is 11.6. The van der Waals surface area contributed by atoms with E-state index in [1.165, 1.54) is 0 Å². The number of rotatable bonds is 2. The third-order valence-electron chi connectivity index (χ3n) is 1.75. The topological polar surface area (TPSA) is 40.9 Å². The van der Waals surface area contributed by atoms with E-state index in [1.807, 2.05) is 6.07 Å². The van der Waals surface area contributed by atoms with Crippen LogP contribution in [-0.2, 0) is 0 Å². The third-order valence-corrected chi connectivity index (χ3v) is 2.80. The van der Waals surface area contributed by atoms with Crippen molar-refractivity contribution in [2.75, 3.05) is 0 Å². The molecule has 0 radical (unpaired) electrons. The Labute approximate surface area is 95.6 Å². The van der Waals surface area contributed by atoms with Gasteiger partial charge in [0.1, 0.15) is 6.07 Å². The largest absolute Gasteiger partial charge is 0.292 e. The second-order valence-corrected chi connectivity index (χ2v) is 4.21. The van der Waals surface area contributed by atoms with Crippen LogP contribution in [0.15, 0.2) is 22.7 Å². The minimum Gasteiger partial charge on any atom is -0.292 e. The Hall–Kier alpha value is -0.850. The van der Waals surface area contributed by atoms with E-state index >= 15 is 0 Å². The molecule has 1 unspecified atom stereocenters. The molecule has 0 spiro atoms. The molecule has 0 aliphatic rings. The van der Waals surface area contributed by atoms with Crippen molar-refractivity contribution in [2.24, 2.45) is 0 Å². The highest BCUT2D eigenvalue weighted by Crippen LogP contribution is 2.23. The van der Waals surface area contributed by atoms with Crippen molar-refractivity contribution in [3.05, 3.63) is 33.8 Å². The van der Waals surface area contributed by atoms with Crippen LogP contribution in [0.3, 0.4) is 0 Å². The van der Waals surface area contributed by atoms with Gasteiger partial charge in [-0.05, 0) is 28.9 Å². The van der Waals surface area contributed by atoms with E-state index in [0.717, 1.165) is 0 Å². The van der Waals surface area contributed by atoms with Gasteiger partial charge >= 0.3 is 0 Å². The summed E-state index contributed by atoms with van der Waals surface area (Å²) in [5, 5.41) is 8.16. The molecular formula is C10H7BrClNO. The van der Waals surface area contributed by atoms with E-state index in [0.29, 0.717) is 15.6 Å². The van der Waals surface area contributed by atoms with Crippen molar-refractivity contribution in [2.45, 2.75) is 12.3 Å². The molecule has 0 aliphatic carbocycles. The first-order valence-electron chi connectivity index (χ1n) is 3.94. The van der Waals surface area contributed by atoms with Crippen molar-refractivity contribution >= 4 is 33.3 Å². The van der Waals surface area contributed by atoms with Crippen LogP contribution in [0.1, 0.15) is 22.8 Å². The van der Waals surface area contributed by atoms with E-state index in [9.17, 15) is 4.79 Å². The lowest BCUT2D eigenvalue weighted by Gasteiger charge is -2.05. The van der Waals surface area contributed by atoms with Crippen molar-refractivity contribution in [3.8, 4) is 6.07 Å². The first-order chi connectivity index (χ1) is 6.57. The minimum absolute atomic E-state index is 0.185. The summed E-state index contributed by atoms with van der Waals surface area (Å²) in [4.78, 5) is 11.6. The number of ketones is 1. The number of hydrogen-bond acceptors (Lipinski definition) is 2. The van der Waals surface area contributed by atoms with E-state index < -0.39 is 5.38 Å². The Morgan fingerprint density at radius 1 is 1.64 bits per heavy atom. The van der Waals surface area contributed by atoms with Gasteiger partial charge in [-0.3, -0.25) is 4.79 Å². The van der Waals surface area contributed by atoms with E-state index in [4.69, 9.17) is 16.9 Å². The average Bonchev–Trinajstić information content (AvgIpc) is 2.17. The third kappa shape index (κ3) is 2.14. The number of nitrogens with zero attached hydrogens (tertiary/aromatic N) is 1. The summed E-state index contributed by atoms with van der Waals surface area (Å²) < 4.78 is 0.514. The fraction of sp³-hybridized carbons (Fsp3) is 0.200. The molecule has 14 heavy (non-hydrogen) atoms. The smallest absolute Gasteiger partial charge is 0.181 e. The van der Waals surface area contributed by atoms with Crippen molar-refractivity contribution in [3.63, 3.8) is 0 Å². The van der Waals surface area contributed by atoms with Crippen LogP contribution in [0.4, 0.5) is 0 Å². The molecule has 0 heterocycles. The van der Waals surface area contributed by atoms with Gasteiger partial charge in [0.05, 0.1) is 10.9 Å². The Morgan fingerprint density at radius 3 is 2.79 bits per heavy atom. The van der Waals surface area contributed by atoms with Gasteiger partial charge < -0.3 is 0 Å². The van der Waals surface area contributed by atoms with Crippen LogP contribution < -0.4 is 0 Å². The van der Waals surface area contributed by atoms with Crippen LogP contribution in [0.2, 0.25) is 0 Å². The molecular weight excluding hydrogens is 265 g/mol. The molecule has 1 aromatic carbocycles. The summed E-state index contributed by atoms with van der Waals surface area (Å²) in [7, 11) is 0. The second-order valence-electron chi connectivity index (χ2n) is 2.76. The predicted molar refractivity (Wildman–Crippen MR) is 58.5 cm³/mol. The Kier molecular flexibility index (Phi) is 3.68. The molecule has 0 saturated carbocycles. The highest BCUT2D eigenvalue weighted by atomic mass is 79.9. The SMILES string of the molecule is CC(Cl)C(=O)c1cccc(C#N)c1Br. The monoisotopic (exact) mass is 271 g/mol. The zero-order chi connectivity index (χ0) is 10.7. The minimum atomic E-state index is -0.583. The molecule has 0 amide bonds. The molecule has 1 aromatic rings. The van der Waals surface area contributed by atoms with Crippen LogP contribution in [0, 0.1) is 11.3 Å². The van der Waals surface area contributed by atoms with Gasteiger partial charge in [0, 0.05) is 10.0 Å². The molecule has 1 rings (SSSR count). The molecule has 0 saturated heterocycles. The van der Waals surface area contributed by atoms with Crippen LogP contribution in [-0.4, -0.2) is 11.2 Å². The van der Waals surface area contributed by atoms with Gasteiger partial charge in [-0.1, -0.05) is 12.1 Å². The number of carbonyl (C=O) groups is 1. The fourth-order valence-electron chi connectivity index (χ4n) is 1.02. The number of Topliss-reactive ketones (excluding diaryl/α,β-unsaturated/α-hetero) is 1. The van der Waals surface area contributed by atoms with E-state index in [-0.39, 0.29) is 5.78 Å². The van der Waals surface area contributed by atoms with E-state index in [1.54, 1.807) is 25.1 Å². The number of benzene rings is 1. The summed E-state index contributed by atoms with van der Waals surface area (Å²) in [6, 6.07) is 6.93. The first-order valence-corrected chi connectivity index (χ1v) is 5.17. The van der Waals surface area contributed by atoms with Crippen LogP contribution in [0.5, 0.6) is 0 Å². The molecule has 2 nitrogen and oxygen atoms in total. The standard InChI is InChI=1S/C10H7BrClNO/c1-6(12)10(14)8-4-2-3-7(5-13)9(8)11/h2-4,6H,1H3. The van der Waals surface area contributed by atoms with Gasteiger partial charge in [0.2, 0.25) is 0 Å². The van der Waals surface area contributed by atoms with Crippen LogP contribution in [0.25, 0.3) is 0 Å². The molecule has 0 fully saturated rings. The summed E-state index contributed by atoms with van der Waals surface area (Å²) >= 11 is 8.89. The Bertz CT molecular complexity index is 409. The van der Waals surface area contributed by atoms with Gasteiger partial charge in [0.15, 0.2) is 5.78 Å². The molecule has 4 heteroatoms. The maximum Gasteiger partial charge on any atom is 0.181 e. The lowest BCUT2D eigenvalue weighted by molar-refractivity contribution is 0.0991. The van der Waals surface area contributed by atoms with Crippen molar-refractivity contribution in [1.82, 2.24) is 0 Å². The highest BCUT2D eigenvalue weighted by molar-refractivity contribution is 9.10. The van der Waals surface area contributed by atoms with Gasteiger partial charge in [0.25, 0.3) is 0 Å². The van der Waals surface area contributed by atoms with Crippen LogP contribution >= 0.6 is 27.5 Å². The Balaban J connectivity index is 3.24. The molecule has 72 valence electrons. The fourth-order valence-corrected chi connectivity index (χ4v) is 1.69. The molecule has 1 atom stereocenters. The first kappa shape index (κ1) is 11.2. The molecule has 0 bridgehead atoms. The van der Waals surface area contributed by atoms with Crippen molar-refractivity contribution < 1.29 is 4.79 Å². The zero-order valence-corrected chi connectivity index (χ0v) is 9.76. The van der Waals surface area contributed by atoms with E-state index in [2.05, 4.69) is 15.9 Å². The summed E-state index contributed by atoms with van der Waals surface area (Å²) in [6.45, 7) is 1.61.